The molecule has 0 bridgehead atoms. The van der Waals surface area contributed by atoms with Crippen molar-refractivity contribution >= 4 is 11.9 Å². The molecular formula is C48H93NO5. The maximum atomic E-state index is 12.9. The zero-order chi connectivity index (χ0) is 39.8. The van der Waals surface area contributed by atoms with E-state index < -0.39 is 22.8 Å². The molecule has 0 aromatic rings. The second-order valence-electron chi connectivity index (χ2n) is 18.0. The average molecular weight is 764 g/mol. The van der Waals surface area contributed by atoms with Crippen LogP contribution in [0.15, 0.2) is 0 Å². The first kappa shape index (κ1) is 50.9. The van der Waals surface area contributed by atoms with Crippen LogP contribution >= 0.6 is 0 Å². The van der Waals surface area contributed by atoms with E-state index >= 15 is 0 Å². The minimum absolute atomic E-state index is 0.256. The summed E-state index contributed by atoms with van der Waals surface area (Å²) in [7, 11) is 0. The van der Waals surface area contributed by atoms with Gasteiger partial charge in [-0.3, -0.25) is 9.59 Å². The van der Waals surface area contributed by atoms with Gasteiger partial charge < -0.3 is 20.2 Å². The molecule has 0 radical (unpaired) electrons. The Balaban J connectivity index is 2.87. The van der Waals surface area contributed by atoms with Gasteiger partial charge in [-0.1, -0.05) is 182 Å². The molecule has 1 saturated heterocycles. The van der Waals surface area contributed by atoms with Gasteiger partial charge in [0.25, 0.3) is 0 Å². The summed E-state index contributed by atoms with van der Waals surface area (Å²) >= 11 is 0. The van der Waals surface area contributed by atoms with E-state index in [1.807, 2.05) is 0 Å². The van der Waals surface area contributed by atoms with E-state index in [9.17, 15) is 24.9 Å². The van der Waals surface area contributed by atoms with E-state index in [2.05, 4.69) is 32.6 Å². The first-order chi connectivity index (χ1) is 26.2. The summed E-state index contributed by atoms with van der Waals surface area (Å²) < 4.78 is 0. The van der Waals surface area contributed by atoms with E-state index in [1.54, 1.807) is 0 Å². The van der Waals surface area contributed by atoms with E-state index in [4.69, 9.17) is 0 Å². The normalized spacial score (nSPS) is 18.5. The van der Waals surface area contributed by atoms with Crippen LogP contribution in [0.25, 0.3) is 0 Å². The molecule has 0 saturated carbocycles. The molecule has 0 aromatic heterocycles. The van der Waals surface area contributed by atoms with Gasteiger partial charge in [-0.05, 0) is 82.6 Å². The summed E-state index contributed by atoms with van der Waals surface area (Å²) in [5.74, 6) is 0.145. The highest BCUT2D eigenvalue weighted by atomic mass is 16.4. The molecule has 1 aliphatic rings. The Morgan fingerprint density at radius 3 is 1.06 bits per heavy atom. The maximum Gasteiger partial charge on any atom is 0.309 e. The number of carbonyl (C=O) groups is 2. The number of aliphatic carboxylic acids is 2. The van der Waals surface area contributed by atoms with Crippen LogP contribution in [0.1, 0.15) is 246 Å². The number of rotatable bonds is 40. The number of unbranched alkanes of at least 4 members (excludes halogenated alkanes) is 19. The highest BCUT2D eigenvalue weighted by molar-refractivity contribution is 5.75. The van der Waals surface area contributed by atoms with Gasteiger partial charge >= 0.3 is 11.9 Å². The lowest BCUT2D eigenvalue weighted by Gasteiger charge is -2.31. The SMILES string of the molecule is CCCCCCCCC(CCCCCC)(CCCCC1CN(CCCCO)CC1CCCCC(CCCCCC)(CCCCCCCC)C(=O)O)C(=O)O. The summed E-state index contributed by atoms with van der Waals surface area (Å²) in [6.45, 7) is 12.5. The maximum absolute atomic E-state index is 12.9. The van der Waals surface area contributed by atoms with Crippen molar-refractivity contribution in [3.05, 3.63) is 0 Å². The van der Waals surface area contributed by atoms with Gasteiger partial charge in [-0.25, -0.2) is 0 Å². The molecule has 54 heavy (non-hydrogen) atoms. The van der Waals surface area contributed by atoms with Crippen molar-refractivity contribution in [1.82, 2.24) is 4.90 Å². The Morgan fingerprint density at radius 1 is 0.444 bits per heavy atom. The zero-order valence-electron chi connectivity index (χ0n) is 36.6. The van der Waals surface area contributed by atoms with Crippen LogP contribution in [-0.4, -0.2) is 58.4 Å². The molecule has 4 atom stereocenters. The molecule has 1 aliphatic heterocycles. The van der Waals surface area contributed by atoms with Crippen LogP contribution in [0.2, 0.25) is 0 Å². The lowest BCUT2D eigenvalue weighted by atomic mass is 9.73. The predicted molar refractivity (Wildman–Crippen MR) is 230 cm³/mol. The van der Waals surface area contributed by atoms with Crippen LogP contribution in [0.4, 0.5) is 0 Å². The third-order valence-corrected chi connectivity index (χ3v) is 13.4. The number of carboxylic acid groups (broad SMARTS) is 2. The standard InChI is InChI=1S/C48H93NO5/c1-5-9-13-17-19-25-35-47(45(51)52,33-23-15-11-7-3)37-27-21-31-43-41-49(39-29-30-40-50)42-44(43)32-22-28-38-48(46(53)54,34-24-16-12-8-4)36-26-20-18-14-10-6-2/h43-44,50H,5-42H2,1-4H3,(H,51,52)(H,53,54). The number of hydrogen-bond acceptors (Lipinski definition) is 4. The van der Waals surface area contributed by atoms with Gasteiger partial charge in [0.15, 0.2) is 0 Å². The molecule has 3 N–H and O–H groups in total. The van der Waals surface area contributed by atoms with Crippen LogP contribution in [0.5, 0.6) is 0 Å². The summed E-state index contributed by atoms with van der Waals surface area (Å²) in [6, 6.07) is 0. The van der Waals surface area contributed by atoms with E-state index in [1.165, 1.54) is 77.0 Å². The fourth-order valence-electron chi connectivity index (χ4n) is 9.72. The predicted octanol–water partition coefficient (Wildman–Crippen LogP) is 14.0. The van der Waals surface area contributed by atoms with Crippen LogP contribution in [-0.2, 0) is 9.59 Å². The first-order valence-corrected chi connectivity index (χ1v) is 24.0. The molecule has 6 nitrogen and oxygen atoms in total. The average Bonchev–Trinajstić information content (AvgIpc) is 3.55. The number of likely N-dealkylation sites (tertiary alicyclic amines) is 1. The Bertz CT molecular complexity index is 830. The number of aliphatic hydroxyl groups is 1. The Labute approximate surface area is 335 Å². The number of aliphatic hydroxyl groups excluding tert-OH is 1. The number of nitrogens with zero attached hydrogens (tertiary/aromatic N) is 1. The van der Waals surface area contributed by atoms with E-state index in [0.29, 0.717) is 11.8 Å². The molecule has 4 unspecified atom stereocenters. The van der Waals surface area contributed by atoms with Gasteiger partial charge in [0.05, 0.1) is 10.8 Å². The molecule has 1 rings (SSSR count). The van der Waals surface area contributed by atoms with Crippen molar-refractivity contribution < 1.29 is 24.9 Å². The molecule has 0 spiro atoms. The van der Waals surface area contributed by atoms with Crippen LogP contribution in [0.3, 0.4) is 0 Å². The van der Waals surface area contributed by atoms with E-state index in [0.717, 1.165) is 161 Å². The highest BCUT2D eigenvalue weighted by Crippen LogP contribution is 2.41. The quantitative estimate of drug-likeness (QED) is 0.0538. The topological polar surface area (TPSA) is 98.1 Å². The second-order valence-corrected chi connectivity index (χ2v) is 18.0. The fraction of sp³-hybridized carbons (Fsp3) is 0.958. The van der Waals surface area contributed by atoms with Crippen molar-refractivity contribution in [3.8, 4) is 0 Å². The largest absolute Gasteiger partial charge is 0.481 e. The summed E-state index contributed by atoms with van der Waals surface area (Å²) in [6.07, 6.45) is 36.9. The molecule has 1 heterocycles. The number of carboxylic acids is 2. The lowest BCUT2D eigenvalue weighted by Crippen LogP contribution is -2.31. The van der Waals surface area contributed by atoms with Crippen LogP contribution in [0, 0.1) is 22.7 Å². The number of hydrogen-bond donors (Lipinski definition) is 3. The Kier molecular flexibility index (Phi) is 31.0. The molecule has 0 aliphatic carbocycles. The van der Waals surface area contributed by atoms with Crippen molar-refractivity contribution in [3.63, 3.8) is 0 Å². The smallest absolute Gasteiger partial charge is 0.309 e. The van der Waals surface area contributed by atoms with Crippen molar-refractivity contribution in [1.29, 1.82) is 0 Å². The highest BCUT2D eigenvalue weighted by Gasteiger charge is 2.39. The van der Waals surface area contributed by atoms with E-state index in [-0.39, 0.29) is 6.61 Å². The molecule has 0 amide bonds. The van der Waals surface area contributed by atoms with Gasteiger partial charge in [-0.2, -0.15) is 0 Å². The zero-order valence-corrected chi connectivity index (χ0v) is 36.6. The van der Waals surface area contributed by atoms with Gasteiger partial charge in [-0.15, -0.1) is 0 Å². The van der Waals surface area contributed by atoms with Crippen LogP contribution < -0.4 is 0 Å². The molecule has 1 fully saturated rings. The van der Waals surface area contributed by atoms with Gasteiger partial charge in [0.1, 0.15) is 0 Å². The Morgan fingerprint density at radius 2 is 0.741 bits per heavy atom. The van der Waals surface area contributed by atoms with Crippen molar-refractivity contribution in [2.45, 2.75) is 246 Å². The molecule has 0 aromatic carbocycles. The molecule has 320 valence electrons. The fourth-order valence-corrected chi connectivity index (χ4v) is 9.72. The molecular weight excluding hydrogens is 671 g/mol. The first-order valence-electron chi connectivity index (χ1n) is 24.0. The summed E-state index contributed by atoms with van der Waals surface area (Å²) in [5, 5.41) is 30.7. The summed E-state index contributed by atoms with van der Waals surface area (Å²) in [4.78, 5) is 28.5. The van der Waals surface area contributed by atoms with Gasteiger partial charge in [0, 0.05) is 19.7 Å². The third kappa shape index (κ3) is 22.0. The summed E-state index contributed by atoms with van der Waals surface area (Å²) in [5.41, 5.74) is -1.13. The van der Waals surface area contributed by atoms with Crippen molar-refractivity contribution in [2.24, 2.45) is 22.7 Å². The Hall–Kier alpha value is -1.14. The lowest BCUT2D eigenvalue weighted by molar-refractivity contribution is -0.151. The monoisotopic (exact) mass is 764 g/mol. The third-order valence-electron chi connectivity index (χ3n) is 13.4. The van der Waals surface area contributed by atoms with Crippen molar-refractivity contribution in [2.75, 3.05) is 26.2 Å². The minimum atomic E-state index is -0.563. The van der Waals surface area contributed by atoms with Gasteiger partial charge in [0.2, 0.25) is 0 Å². The molecule has 6 heteroatoms. The second kappa shape index (κ2) is 32.9. The minimum Gasteiger partial charge on any atom is -0.481 e.